The van der Waals surface area contributed by atoms with Crippen molar-refractivity contribution >= 4 is 0 Å². The van der Waals surface area contributed by atoms with E-state index in [0.29, 0.717) is 6.04 Å². The first kappa shape index (κ1) is 12.9. The van der Waals surface area contributed by atoms with Gasteiger partial charge in [0.1, 0.15) is 5.75 Å². The van der Waals surface area contributed by atoms with Gasteiger partial charge in [0.2, 0.25) is 0 Å². The van der Waals surface area contributed by atoms with Gasteiger partial charge in [0.15, 0.2) is 0 Å². The molecule has 2 unspecified atom stereocenters. The maximum atomic E-state index is 6.14. The summed E-state index contributed by atoms with van der Waals surface area (Å²) < 4.78 is 11.5. The van der Waals surface area contributed by atoms with Crippen molar-refractivity contribution in [3.63, 3.8) is 0 Å². The Morgan fingerprint density at radius 2 is 2.16 bits per heavy atom. The highest BCUT2D eigenvalue weighted by Gasteiger charge is 2.34. The highest BCUT2D eigenvalue weighted by molar-refractivity contribution is 5.42. The predicted octanol–water partition coefficient (Wildman–Crippen LogP) is 2.70. The molecule has 104 valence electrons. The molecule has 0 radical (unpaired) electrons. The molecule has 1 aromatic carbocycles. The van der Waals surface area contributed by atoms with Crippen molar-refractivity contribution in [1.29, 1.82) is 0 Å². The zero-order valence-corrected chi connectivity index (χ0v) is 11.8. The van der Waals surface area contributed by atoms with E-state index < -0.39 is 0 Å². The molecule has 1 saturated carbocycles. The summed E-state index contributed by atoms with van der Waals surface area (Å²) in [6.45, 7) is 4.04. The lowest BCUT2D eigenvalue weighted by atomic mass is 10.1. The lowest BCUT2D eigenvalue weighted by Crippen LogP contribution is -2.31. The predicted molar refractivity (Wildman–Crippen MR) is 75.6 cm³/mol. The molecular formula is C16H23NO2. The molecule has 0 saturated heterocycles. The second kappa shape index (κ2) is 5.51. The van der Waals surface area contributed by atoms with Crippen molar-refractivity contribution in [2.24, 2.45) is 5.92 Å². The largest absolute Gasteiger partial charge is 0.497 e. The molecule has 0 amide bonds. The van der Waals surface area contributed by atoms with E-state index in [1.807, 2.05) is 6.07 Å². The van der Waals surface area contributed by atoms with Gasteiger partial charge in [-0.2, -0.15) is 0 Å². The Kier molecular flexibility index (Phi) is 3.76. The minimum atomic E-state index is 0.280. The zero-order chi connectivity index (χ0) is 13.2. The van der Waals surface area contributed by atoms with Crippen LogP contribution in [0.5, 0.6) is 5.75 Å². The van der Waals surface area contributed by atoms with Gasteiger partial charge >= 0.3 is 0 Å². The molecule has 0 aliphatic heterocycles. The second-order valence-corrected chi connectivity index (χ2v) is 5.62. The Balaban J connectivity index is 1.76. The molecule has 1 fully saturated rings. The molecular weight excluding hydrogens is 238 g/mol. The number of likely N-dealkylation sites (N-methyl/N-ethyl adjacent to an activating group) is 1. The summed E-state index contributed by atoms with van der Waals surface area (Å²) >= 11 is 0. The van der Waals surface area contributed by atoms with Gasteiger partial charge in [0, 0.05) is 13.0 Å². The van der Waals surface area contributed by atoms with E-state index in [1.54, 1.807) is 7.11 Å². The fourth-order valence-corrected chi connectivity index (χ4v) is 2.87. The summed E-state index contributed by atoms with van der Waals surface area (Å²) in [6.07, 6.45) is 3.99. The summed E-state index contributed by atoms with van der Waals surface area (Å²) in [5, 5.41) is 3.57. The smallest absolute Gasteiger partial charge is 0.119 e. The van der Waals surface area contributed by atoms with Crippen LogP contribution in [-0.2, 0) is 11.2 Å². The van der Waals surface area contributed by atoms with Crippen LogP contribution in [0.4, 0.5) is 0 Å². The van der Waals surface area contributed by atoms with Crippen molar-refractivity contribution in [3.8, 4) is 5.75 Å². The second-order valence-electron chi connectivity index (χ2n) is 5.62. The summed E-state index contributed by atoms with van der Waals surface area (Å²) in [5.41, 5.74) is 2.74. The number of methoxy groups -OCH3 is 1. The Hall–Kier alpha value is -1.06. The van der Waals surface area contributed by atoms with E-state index in [0.717, 1.165) is 31.2 Å². The van der Waals surface area contributed by atoms with Crippen LogP contribution in [0.2, 0.25) is 0 Å². The summed E-state index contributed by atoms with van der Waals surface area (Å²) in [6, 6.07) is 6.70. The van der Waals surface area contributed by atoms with Gasteiger partial charge in [-0.05, 0) is 48.6 Å². The van der Waals surface area contributed by atoms with Gasteiger partial charge in [0.25, 0.3) is 0 Å². The average Bonchev–Trinajstić information content (AvgIpc) is 3.20. The highest BCUT2D eigenvalue weighted by atomic mass is 16.5. The molecule has 3 rings (SSSR count). The molecule has 0 spiro atoms. The van der Waals surface area contributed by atoms with Gasteiger partial charge < -0.3 is 14.8 Å². The van der Waals surface area contributed by atoms with Crippen LogP contribution in [0, 0.1) is 5.92 Å². The van der Waals surface area contributed by atoms with Gasteiger partial charge in [-0.25, -0.2) is 0 Å². The summed E-state index contributed by atoms with van der Waals surface area (Å²) in [5.74, 6) is 1.75. The van der Waals surface area contributed by atoms with Crippen molar-refractivity contribution < 1.29 is 9.47 Å². The maximum Gasteiger partial charge on any atom is 0.119 e. The van der Waals surface area contributed by atoms with Crippen molar-refractivity contribution in [1.82, 2.24) is 5.32 Å². The molecule has 3 heteroatoms. The van der Waals surface area contributed by atoms with Crippen LogP contribution in [-0.4, -0.2) is 26.4 Å². The number of hydrogen-bond acceptors (Lipinski definition) is 3. The molecule has 0 aromatic heterocycles. The monoisotopic (exact) mass is 261 g/mol. The average molecular weight is 261 g/mol. The molecule has 0 bridgehead atoms. The fourth-order valence-electron chi connectivity index (χ4n) is 2.87. The van der Waals surface area contributed by atoms with Crippen LogP contribution in [0.3, 0.4) is 0 Å². The zero-order valence-electron chi connectivity index (χ0n) is 11.8. The van der Waals surface area contributed by atoms with Gasteiger partial charge in [0.05, 0.1) is 19.3 Å². The van der Waals surface area contributed by atoms with E-state index in [1.165, 1.54) is 24.0 Å². The third kappa shape index (κ3) is 2.77. The van der Waals surface area contributed by atoms with E-state index in [2.05, 4.69) is 24.4 Å². The highest BCUT2D eigenvalue weighted by Crippen LogP contribution is 2.37. The molecule has 0 heterocycles. The van der Waals surface area contributed by atoms with E-state index in [9.17, 15) is 0 Å². The Morgan fingerprint density at radius 1 is 1.32 bits per heavy atom. The Bertz CT molecular complexity index is 442. The Labute approximate surface area is 115 Å². The topological polar surface area (TPSA) is 30.5 Å². The standard InChI is InChI=1S/C16H23NO2/c1-3-17-16-14-9-13(18-2)7-6-12(14)8-15(16)19-10-11-4-5-11/h6-7,9,11,15-17H,3-5,8,10H2,1-2H3. The molecule has 2 aliphatic rings. The molecule has 19 heavy (non-hydrogen) atoms. The number of nitrogens with one attached hydrogen (secondary N) is 1. The van der Waals surface area contributed by atoms with Crippen LogP contribution in [0.15, 0.2) is 18.2 Å². The van der Waals surface area contributed by atoms with Gasteiger partial charge in [-0.3, -0.25) is 0 Å². The van der Waals surface area contributed by atoms with E-state index >= 15 is 0 Å². The van der Waals surface area contributed by atoms with Gasteiger partial charge in [-0.1, -0.05) is 13.0 Å². The van der Waals surface area contributed by atoms with Crippen LogP contribution >= 0.6 is 0 Å². The molecule has 3 nitrogen and oxygen atoms in total. The number of hydrogen-bond donors (Lipinski definition) is 1. The molecule has 2 aliphatic carbocycles. The quantitative estimate of drug-likeness (QED) is 0.854. The number of ether oxygens (including phenoxy) is 2. The van der Waals surface area contributed by atoms with E-state index in [-0.39, 0.29) is 6.10 Å². The van der Waals surface area contributed by atoms with Crippen molar-refractivity contribution in [3.05, 3.63) is 29.3 Å². The number of fused-ring (bicyclic) bond motifs is 1. The van der Waals surface area contributed by atoms with E-state index in [4.69, 9.17) is 9.47 Å². The first-order valence-corrected chi connectivity index (χ1v) is 7.33. The lowest BCUT2D eigenvalue weighted by molar-refractivity contribution is 0.0286. The normalized spacial score (nSPS) is 25.4. The first-order valence-electron chi connectivity index (χ1n) is 7.33. The van der Waals surface area contributed by atoms with Gasteiger partial charge in [-0.15, -0.1) is 0 Å². The number of rotatable bonds is 6. The number of benzene rings is 1. The fraction of sp³-hybridized carbons (Fsp3) is 0.625. The maximum absolute atomic E-state index is 6.14. The minimum absolute atomic E-state index is 0.280. The minimum Gasteiger partial charge on any atom is -0.497 e. The third-order valence-corrected chi connectivity index (χ3v) is 4.15. The van der Waals surface area contributed by atoms with Crippen LogP contribution in [0.1, 0.15) is 36.9 Å². The van der Waals surface area contributed by atoms with Crippen molar-refractivity contribution in [2.75, 3.05) is 20.3 Å². The molecule has 2 atom stereocenters. The first-order chi connectivity index (χ1) is 9.31. The molecule has 1 N–H and O–H groups in total. The van der Waals surface area contributed by atoms with Crippen molar-refractivity contribution in [2.45, 2.75) is 38.3 Å². The third-order valence-electron chi connectivity index (χ3n) is 4.15. The Morgan fingerprint density at radius 3 is 2.84 bits per heavy atom. The molecule has 1 aromatic rings. The van der Waals surface area contributed by atoms with Crippen LogP contribution < -0.4 is 10.1 Å². The van der Waals surface area contributed by atoms with Crippen LogP contribution in [0.25, 0.3) is 0 Å². The lowest BCUT2D eigenvalue weighted by Gasteiger charge is -2.22. The summed E-state index contributed by atoms with van der Waals surface area (Å²) in [7, 11) is 1.72. The SMILES string of the molecule is CCNC1c2cc(OC)ccc2CC1OCC1CC1. The summed E-state index contributed by atoms with van der Waals surface area (Å²) in [4.78, 5) is 0.